The summed E-state index contributed by atoms with van der Waals surface area (Å²) in [5, 5.41) is 4.09. The number of nitrogens with zero attached hydrogens (tertiary/aromatic N) is 2. The molecule has 1 heterocycles. The Balaban J connectivity index is 0.000000322. The lowest BCUT2D eigenvalue weighted by Gasteiger charge is -2.34. The Hall–Kier alpha value is -4.81. The normalized spacial score (nSPS) is 11.0. The van der Waals surface area contributed by atoms with Crippen LogP contribution in [0.3, 0.4) is 0 Å². The summed E-state index contributed by atoms with van der Waals surface area (Å²) in [5.74, 6) is 1.89. The molecule has 0 fully saturated rings. The van der Waals surface area contributed by atoms with Crippen LogP contribution >= 0.6 is 0 Å². The van der Waals surface area contributed by atoms with E-state index in [-0.39, 0.29) is 0 Å². The van der Waals surface area contributed by atoms with Gasteiger partial charge in [0, 0.05) is 18.6 Å². The topological polar surface area (TPSA) is 36.3 Å². The lowest BCUT2D eigenvalue weighted by atomic mass is 9.43. The van der Waals surface area contributed by atoms with Crippen molar-refractivity contribution < 1.29 is 9.47 Å². The molecule has 1 aromatic heterocycles. The molecule has 0 saturated carbocycles. The average molecular weight is 721 g/mol. The van der Waals surface area contributed by atoms with Crippen LogP contribution in [0.2, 0.25) is 6.82 Å². The first kappa shape index (κ1) is 39.4. The SMILES string of the molecule is CB(c1ccccc1)c1ccccc1.CCCCCCOc1ccc([Si](Cn2ccnc2)(c2ccccc2)c2ccc(OCCCCCC)cc2)cc1. The Morgan fingerprint density at radius 1 is 0.528 bits per heavy atom. The van der Waals surface area contributed by atoms with Gasteiger partial charge in [-0.3, -0.25) is 0 Å². The molecular formula is C47H57BN2O2Si. The van der Waals surface area contributed by atoms with Crippen LogP contribution in [0.5, 0.6) is 11.5 Å². The van der Waals surface area contributed by atoms with Crippen LogP contribution in [0.4, 0.5) is 0 Å². The Morgan fingerprint density at radius 2 is 0.962 bits per heavy atom. The zero-order valence-electron chi connectivity index (χ0n) is 32.1. The van der Waals surface area contributed by atoms with Crippen molar-refractivity contribution in [2.24, 2.45) is 0 Å². The standard InChI is InChI=1S/C34H44N2O2Si.C13H13B/c1-3-5-7-12-26-37-30-16-20-33(21-17-30)39(29-36-25-24-35-28-36,32-14-10-9-11-15-32)34-22-18-31(19-23-34)38-27-13-8-6-4-2;1-14(12-8-4-2-5-9-12)13-10-6-3-7-11-13/h9-11,14-25,28H,3-8,12-13,26-27,29H2,1-2H3;2-11H,1H3. The number of hydrogen-bond donors (Lipinski definition) is 0. The summed E-state index contributed by atoms with van der Waals surface area (Å²) in [5.41, 5.74) is 2.75. The highest BCUT2D eigenvalue weighted by Gasteiger charge is 2.40. The first-order valence-electron chi connectivity index (χ1n) is 19.7. The summed E-state index contributed by atoms with van der Waals surface area (Å²) in [4.78, 5) is 4.37. The number of imidazole rings is 1. The third-order valence-corrected chi connectivity index (χ3v) is 14.9. The molecule has 53 heavy (non-hydrogen) atoms. The molecule has 6 rings (SSSR count). The van der Waals surface area contributed by atoms with Crippen molar-refractivity contribution in [2.45, 2.75) is 78.2 Å². The molecule has 0 N–H and O–H groups in total. The lowest BCUT2D eigenvalue weighted by Crippen LogP contribution is -2.69. The van der Waals surface area contributed by atoms with E-state index in [2.05, 4.69) is 176 Å². The van der Waals surface area contributed by atoms with Crippen LogP contribution in [0.15, 0.2) is 158 Å². The molecule has 0 radical (unpaired) electrons. The average Bonchev–Trinajstić information content (AvgIpc) is 3.74. The number of benzene rings is 5. The number of aromatic nitrogens is 2. The monoisotopic (exact) mass is 720 g/mol. The van der Waals surface area contributed by atoms with Crippen molar-refractivity contribution in [3.63, 3.8) is 0 Å². The highest BCUT2D eigenvalue weighted by molar-refractivity contribution is 7.10. The summed E-state index contributed by atoms with van der Waals surface area (Å²) in [6.45, 7) is 8.75. The number of unbranched alkanes of at least 4 members (excludes halogenated alkanes) is 6. The van der Waals surface area contributed by atoms with Gasteiger partial charge in [-0.25, -0.2) is 4.98 Å². The van der Waals surface area contributed by atoms with E-state index in [0.717, 1.165) is 43.7 Å². The fourth-order valence-electron chi connectivity index (χ4n) is 6.94. The van der Waals surface area contributed by atoms with Crippen LogP contribution in [-0.4, -0.2) is 37.6 Å². The maximum atomic E-state index is 6.10. The fourth-order valence-corrected chi connectivity index (χ4v) is 11.5. The summed E-state index contributed by atoms with van der Waals surface area (Å²) in [7, 11) is -2.46. The third kappa shape index (κ3) is 11.6. The zero-order chi connectivity index (χ0) is 37.0. The second-order valence-electron chi connectivity index (χ2n) is 13.9. The van der Waals surface area contributed by atoms with E-state index in [1.54, 1.807) is 0 Å². The second-order valence-corrected chi connectivity index (χ2v) is 17.8. The maximum absolute atomic E-state index is 6.10. The van der Waals surface area contributed by atoms with Crippen LogP contribution in [0.1, 0.15) is 65.2 Å². The van der Waals surface area contributed by atoms with Gasteiger partial charge in [0.1, 0.15) is 11.5 Å². The first-order chi connectivity index (χ1) is 26.1. The lowest BCUT2D eigenvalue weighted by molar-refractivity contribution is 0.305. The van der Waals surface area contributed by atoms with Gasteiger partial charge in [-0.15, -0.1) is 0 Å². The van der Waals surface area contributed by atoms with E-state index >= 15 is 0 Å². The molecule has 0 bridgehead atoms. The molecule has 0 aliphatic heterocycles. The van der Waals surface area contributed by atoms with Gasteiger partial charge in [0.2, 0.25) is 6.71 Å². The van der Waals surface area contributed by atoms with Gasteiger partial charge in [0.15, 0.2) is 8.07 Å². The molecule has 6 heteroatoms. The zero-order valence-corrected chi connectivity index (χ0v) is 33.1. The smallest absolute Gasteiger partial charge is 0.206 e. The number of ether oxygens (including phenoxy) is 2. The third-order valence-electron chi connectivity index (χ3n) is 10.1. The molecule has 0 atom stereocenters. The predicted molar refractivity (Wildman–Crippen MR) is 229 cm³/mol. The van der Waals surface area contributed by atoms with Gasteiger partial charge in [0.05, 0.1) is 19.5 Å². The Labute approximate surface area is 320 Å². The van der Waals surface area contributed by atoms with E-state index in [1.165, 1.54) is 65.0 Å². The molecule has 274 valence electrons. The van der Waals surface area contributed by atoms with Gasteiger partial charge < -0.3 is 14.0 Å². The molecule has 0 aliphatic rings. The molecule has 0 spiro atoms. The first-order valence-corrected chi connectivity index (χ1v) is 21.9. The Bertz CT molecular complexity index is 1720. The van der Waals surface area contributed by atoms with Crippen LogP contribution in [-0.2, 0) is 6.17 Å². The Kier molecular flexibility index (Phi) is 16.1. The van der Waals surface area contributed by atoms with E-state index in [1.807, 2.05) is 12.5 Å². The molecule has 0 amide bonds. The van der Waals surface area contributed by atoms with E-state index < -0.39 is 8.07 Å². The van der Waals surface area contributed by atoms with E-state index in [9.17, 15) is 0 Å². The molecule has 5 aromatic carbocycles. The van der Waals surface area contributed by atoms with Crippen molar-refractivity contribution in [1.82, 2.24) is 9.55 Å². The van der Waals surface area contributed by atoms with E-state index in [4.69, 9.17) is 9.47 Å². The van der Waals surface area contributed by atoms with Crippen molar-refractivity contribution in [1.29, 1.82) is 0 Å². The second kappa shape index (κ2) is 21.7. The molecule has 0 saturated heterocycles. The summed E-state index contributed by atoms with van der Waals surface area (Å²) >= 11 is 0. The van der Waals surface area contributed by atoms with Crippen molar-refractivity contribution in [2.75, 3.05) is 13.2 Å². The molecule has 6 aromatic rings. The number of hydrogen-bond acceptors (Lipinski definition) is 3. The predicted octanol–water partition coefficient (Wildman–Crippen LogP) is 8.44. The van der Waals surface area contributed by atoms with Gasteiger partial charge in [0.25, 0.3) is 0 Å². The van der Waals surface area contributed by atoms with E-state index in [0.29, 0.717) is 6.71 Å². The number of rotatable bonds is 19. The highest BCUT2D eigenvalue weighted by atomic mass is 28.3. The van der Waals surface area contributed by atoms with Gasteiger partial charge in [-0.1, -0.05) is 185 Å². The summed E-state index contributed by atoms with van der Waals surface area (Å²) in [6.07, 6.45) is 16.4. The quantitative estimate of drug-likeness (QED) is 0.0479. The molecule has 4 nitrogen and oxygen atoms in total. The van der Waals surface area contributed by atoms with Crippen molar-refractivity contribution in [3.05, 3.63) is 158 Å². The van der Waals surface area contributed by atoms with Gasteiger partial charge in [-0.2, -0.15) is 0 Å². The molecule has 0 unspecified atom stereocenters. The molecule has 0 aliphatic carbocycles. The Morgan fingerprint density at radius 3 is 1.38 bits per heavy atom. The molecular weight excluding hydrogens is 663 g/mol. The van der Waals surface area contributed by atoms with Gasteiger partial charge in [-0.05, 0) is 52.7 Å². The van der Waals surface area contributed by atoms with Crippen LogP contribution in [0, 0.1) is 0 Å². The maximum Gasteiger partial charge on any atom is 0.206 e. The summed E-state index contributed by atoms with van der Waals surface area (Å²) in [6, 6.07) is 50.0. The fraction of sp³-hybridized carbons (Fsp3) is 0.298. The van der Waals surface area contributed by atoms with Crippen molar-refractivity contribution in [3.8, 4) is 11.5 Å². The minimum Gasteiger partial charge on any atom is -0.494 e. The van der Waals surface area contributed by atoms with Crippen molar-refractivity contribution >= 4 is 41.3 Å². The minimum atomic E-state index is -2.46. The summed E-state index contributed by atoms with van der Waals surface area (Å²) < 4.78 is 14.4. The largest absolute Gasteiger partial charge is 0.494 e. The van der Waals surface area contributed by atoms with Crippen LogP contribution in [0.25, 0.3) is 0 Å². The highest BCUT2D eigenvalue weighted by Crippen LogP contribution is 2.18. The van der Waals surface area contributed by atoms with Gasteiger partial charge >= 0.3 is 0 Å². The van der Waals surface area contributed by atoms with Crippen LogP contribution < -0.4 is 36.0 Å². The minimum absolute atomic E-state index is 0.484.